The smallest absolute Gasteiger partial charge is 0.189 e. The average Bonchev–Trinajstić information content (AvgIpc) is 3.22. The zero-order chi connectivity index (χ0) is 12.4. The second-order valence-corrected chi connectivity index (χ2v) is 5.83. The third kappa shape index (κ3) is 2.78. The molecule has 5 heteroatoms. The van der Waals surface area contributed by atoms with Crippen LogP contribution in [0.15, 0.2) is 5.16 Å². The van der Waals surface area contributed by atoms with Crippen molar-refractivity contribution in [1.29, 1.82) is 0 Å². The number of hydrogen-bond acceptors (Lipinski definition) is 5. The fourth-order valence-corrected chi connectivity index (χ4v) is 2.71. The highest BCUT2D eigenvalue weighted by Crippen LogP contribution is 2.30. The molecule has 98 valence electrons. The van der Waals surface area contributed by atoms with Gasteiger partial charge in [0.25, 0.3) is 0 Å². The van der Waals surface area contributed by atoms with Gasteiger partial charge in [0.05, 0.1) is 5.69 Å². The van der Waals surface area contributed by atoms with Gasteiger partial charge in [-0.2, -0.15) is 0 Å². The Morgan fingerprint density at radius 3 is 2.89 bits per heavy atom. The quantitative estimate of drug-likeness (QED) is 0.640. The second kappa shape index (κ2) is 5.45. The van der Waals surface area contributed by atoms with Crippen LogP contribution < -0.4 is 10.6 Å². The van der Waals surface area contributed by atoms with Crippen LogP contribution in [-0.2, 0) is 12.8 Å². The minimum absolute atomic E-state index is 0.872. The van der Waals surface area contributed by atoms with Gasteiger partial charge in [0.1, 0.15) is 5.82 Å². The monoisotopic (exact) mass is 264 g/mol. The summed E-state index contributed by atoms with van der Waals surface area (Å²) in [6.07, 6.45) is 6.84. The Morgan fingerprint density at radius 1 is 1.28 bits per heavy atom. The molecule has 2 heterocycles. The summed E-state index contributed by atoms with van der Waals surface area (Å²) in [6.45, 7) is 3.14. The highest BCUT2D eigenvalue weighted by molar-refractivity contribution is 7.98. The molecule has 0 spiro atoms. The summed E-state index contributed by atoms with van der Waals surface area (Å²) in [5, 5.41) is 7.88. The Hall–Kier alpha value is -0.810. The van der Waals surface area contributed by atoms with E-state index in [1.165, 1.54) is 24.1 Å². The number of rotatable bonds is 4. The van der Waals surface area contributed by atoms with Crippen LogP contribution in [0.25, 0.3) is 0 Å². The Labute approximate surface area is 112 Å². The molecule has 0 atom stereocenters. The highest BCUT2D eigenvalue weighted by Gasteiger charge is 2.22. The van der Waals surface area contributed by atoms with Crippen LogP contribution in [0.5, 0.6) is 0 Å². The molecule has 1 aliphatic carbocycles. The number of fused-ring (bicyclic) bond motifs is 1. The zero-order valence-corrected chi connectivity index (χ0v) is 11.6. The standard InChI is InChI=1S/C13H20N4S/c1-18-13-16-11-5-7-14-6-4-10(11)12(17-13)15-8-9-2-3-9/h9,14H,2-8H2,1H3,(H,15,16,17). The van der Waals surface area contributed by atoms with Crippen molar-refractivity contribution in [3.8, 4) is 0 Å². The van der Waals surface area contributed by atoms with E-state index in [0.717, 1.165) is 49.4 Å². The van der Waals surface area contributed by atoms with Gasteiger partial charge in [-0.3, -0.25) is 0 Å². The SMILES string of the molecule is CSc1nc2c(c(NCC3CC3)n1)CCNCC2. The Balaban J connectivity index is 1.87. The first kappa shape index (κ1) is 12.2. The van der Waals surface area contributed by atoms with Crippen molar-refractivity contribution < 1.29 is 0 Å². The normalized spacial score (nSPS) is 19.2. The third-order valence-electron chi connectivity index (χ3n) is 3.60. The largest absolute Gasteiger partial charge is 0.369 e. The van der Waals surface area contributed by atoms with Gasteiger partial charge in [0.2, 0.25) is 0 Å². The summed E-state index contributed by atoms with van der Waals surface area (Å²) >= 11 is 1.63. The lowest BCUT2D eigenvalue weighted by atomic mass is 10.1. The molecule has 2 N–H and O–H groups in total. The van der Waals surface area contributed by atoms with Gasteiger partial charge in [-0.25, -0.2) is 9.97 Å². The predicted molar refractivity (Wildman–Crippen MR) is 75.3 cm³/mol. The summed E-state index contributed by atoms with van der Waals surface area (Å²) in [5.41, 5.74) is 2.57. The molecule has 2 aliphatic rings. The van der Waals surface area contributed by atoms with Crippen molar-refractivity contribution in [2.24, 2.45) is 5.92 Å². The van der Waals surface area contributed by atoms with Gasteiger partial charge in [-0.15, -0.1) is 0 Å². The van der Waals surface area contributed by atoms with Crippen LogP contribution in [0.2, 0.25) is 0 Å². The van der Waals surface area contributed by atoms with Gasteiger partial charge in [-0.1, -0.05) is 11.8 Å². The van der Waals surface area contributed by atoms with Crippen molar-refractivity contribution in [2.75, 3.05) is 31.2 Å². The molecule has 3 rings (SSSR count). The maximum atomic E-state index is 4.67. The Kier molecular flexibility index (Phi) is 3.70. The van der Waals surface area contributed by atoms with Crippen LogP contribution in [0.1, 0.15) is 24.1 Å². The minimum Gasteiger partial charge on any atom is -0.369 e. The highest BCUT2D eigenvalue weighted by atomic mass is 32.2. The summed E-state index contributed by atoms with van der Waals surface area (Å²) in [5.74, 6) is 1.96. The lowest BCUT2D eigenvalue weighted by Gasteiger charge is -2.13. The molecule has 4 nitrogen and oxygen atoms in total. The fourth-order valence-electron chi connectivity index (χ4n) is 2.32. The van der Waals surface area contributed by atoms with Crippen LogP contribution >= 0.6 is 11.8 Å². The molecule has 0 bridgehead atoms. The van der Waals surface area contributed by atoms with E-state index in [4.69, 9.17) is 0 Å². The molecule has 1 aromatic heterocycles. The zero-order valence-electron chi connectivity index (χ0n) is 10.8. The summed E-state index contributed by atoms with van der Waals surface area (Å²) in [6, 6.07) is 0. The fraction of sp³-hybridized carbons (Fsp3) is 0.692. The first-order chi connectivity index (χ1) is 8.86. The van der Waals surface area contributed by atoms with E-state index in [-0.39, 0.29) is 0 Å². The van der Waals surface area contributed by atoms with E-state index >= 15 is 0 Å². The molecule has 1 saturated carbocycles. The van der Waals surface area contributed by atoms with E-state index in [1.807, 2.05) is 6.26 Å². The molecule has 1 aromatic rings. The van der Waals surface area contributed by atoms with Crippen molar-refractivity contribution >= 4 is 17.6 Å². The maximum absolute atomic E-state index is 4.67. The average molecular weight is 264 g/mol. The third-order valence-corrected chi connectivity index (χ3v) is 4.15. The van der Waals surface area contributed by atoms with Crippen molar-refractivity contribution in [1.82, 2.24) is 15.3 Å². The number of nitrogens with zero attached hydrogens (tertiary/aromatic N) is 2. The molecule has 0 amide bonds. The number of aromatic nitrogens is 2. The molecule has 0 saturated heterocycles. The lowest BCUT2D eigenvalue weighted by Crippen LogP contribution is -2.16. The van der Waals surface area contributed by atoms with Gasteiger partial charge in [-0.05, 0) is 38.0 Å². The van der Waals surface area contributed by atoms with E-state index in [2.05, 4.69) is 20.6 Å². The van der Waals surface area contributed by atoms with Gasteiger partial charge in [0, 0.05) is 25.1 Å². The van der Waals surface area contributed by atoms with Gasteiger partial charge >= 0.3 is 0 Å². The minimum atomic E-state index is 0.872. The Bertz CT molecular complexity index is 431. The van der Waals surface area contributed by atoms with Gasteiger partial charge in [0.15, 0.2) is 5.16 Å². The maximum Gasteiger partial charge on any atom is 0.189 e. The summed E-state index contributed by atoms with van der Waals surface area (Å²) in [7, 11) is 0. The van der Waals surface area contributed by atoms with E-state index < -0.39 is 0 Å². The molecular formula is C13H20N4S. The molecule has 0 radical (unpaired) electrons. The van der Waals surface area contributed by atoms with Crippen LogP contribution in [0.4, 0.5) is 5.82 Å². The van der Waals surface area contributed by atoms with E-state index in [1.54, 1.807) is 11.8 Å². The second-order valence-electron chi connectivity index (χ2n) is 5.06. The van der Waals surface area contributed by atoms with Crippen molar-refractivity contribution in [3.05, 3.63) is 11.3 Å². The van der Waals surface area contributed by atoms with Crippen molar-refractivity contribution in [2.45, 2.75) is 30.8 Å². The summed E-state index contributed by atoms with van der Waals surface area (Å²) in [4.78, 5) is 9.33. The van der Waals surface area contributed by atoms with E-state index in [9.17, 15) is 0 Å². The number of thioether (sulfide) groups is 1. The predicted octanol–water partition coefficient (Wildman–Crippen LogP) is 1.71. The Morgan fingerprint density at radius 2 is 2.11 bits per heavy atom. The molecule has 0 aromatic carbocycles. The van der Waals surface area contributed by atoms with Crippen LogP contribution in [0, 0.1) is 5.92 Å². The topological polar surface area (TPSA) is 49.8 Å². The van der Waals surface area contributed by atoms with Crippen molar-refractivity contribution in [3.63, 3.8) is 0 Å². The molecule has 1 aliphatic heterocycles. The number of anilines is 1. The van der Waals surface area contributed by atoms with Gasteiger partial charge < -0.3 is 10.6 Å². The number of nitrogens with one attached hydrogen (secondary N) is 2. The first-order valence-corrected chi connectivity index (χ1v) is 7.97. The molecular weight excluding hydrogens is 244 g/mol. The summed E-state index contributed by atoms with van der Waals surface area (Å²) < 4.78 is 0. The molecule has 18 heavy (non-hydrogen) atoms. The first-order valence-electron chi connectivity index (χ1n) is 6.75. The molecule has 1 fully saturated rings. The lowest BCUT2D eigenvalue weighted by molar-refractivity contribution is 0.707. The van der Waals surface area contributed by atoms with Crippen LogP contribution in [0.3, 0.4) is 0 Å². The molecule has 0 unspecified atom stereocenters. The van der Waals surface area contributed by atoms with Crippen LogP contribution in [-0.4, -0.2) is 35.9 Å². The number of hydrogen-bond donors (Lipinski definition) is 2. The van der Waals surface area contributed by atoms with E-state index in [0.29, 0.717) is 0 Å².